The average Bonchev–Trinajstić information content (AvgIpc) is 3.24. The first-order valence-electron chi connectivity index (χ1n) is 9.63. The van der Waals surface area contributed by atoms with Crippen molar-refractivity contribution in [3.05, 3.63) is 43.3 Å². The lowest BCUT2D eigenvalue weighted by Crippen LogP contribution is -2.45. The van der Waals surface area contributed by atoms with Crippen molar-refractivity contribution in [2.75, 3.05) is 5.32 Å². The van der Waals surface area contributed by atoms with E-state index in [-0.39, 0.29) is 11.8 Å². The molecule has 9 heteroatoms. The number of aromatic nitrogens is 1. The Labute approximate surface area is 191 Å². The van der Waals surface area contributed by atoms with Crippen LogP contribution in [0, 0.1) is 5.92 Å². The second-order valence-electron chi connectivity index (χ2n) is 7.57. The first-order chi connectivity index (χ1) is 13.9. The van der Waals surface area contributed by atoms with E-state index < -0.39 is 6.04 Å². The van der Waals surface area contributed by atoms with E-state index in [1.54, 1.807) is 23.2 Å². The average molecular weight is 517 g/mol. The molecule has 0 bridgehead atoms. The number of nitrogens with one attached hydrogen (secondary N) is 1. The number of carbonyl (C=O) groups excluding carboxylic acids is 2. The number of nitrogens with zero attached hydrogens (tertiary/aromatic N) is 2. The number of anilines is 1. The number of rotatable bonds is 5. The fraction of sp³-hybridized carbons (Fsp3) is 0.450. The summed E-state index contributed by atoms with van der Waals surface area (Å²) in [4.78, 5) is 32.2. The van der Waals surface area contributed by atoms with Crippen LogP contribution in [0.1, 0.15) is 54.4 Å². The fourth-order valence-corrected chi connectivity index (χ4v) is 5.65. The van der Waals surface area contributed by atoms with E-state index >= 15 is 0 Å². The van der Waals surface area contributed by atoms with Crippen molar-refractivity contribution in [2.45, 2.75) is 51.1 Å². The van der Waals surface area contributed by atoms with Crippen LogP contribution < -0.4 is 5.32 Å². The highest BCUT2D eigenvalue weighted by molar-refractivity contribution is 9.11. The van der Waals surface area contributed by atoms with Crippen LogP contribution in [0.15, 0.2) is 22.1 Å². The van der Waals surface area contributed by atoms with Crippen molar-refractivity contribution in [2.24, 2.45) is 5.92 Å². The van der Waals surface area contributed by atoms with Gasteiger partial charge in [-0.3, -0.25) is 9.59 Å². The standard InChI is InChI=1S/C20H20BrCl2N3O2S/c21-17-9-24-20(29-17)25-18(27)16(6-11-4-2-1-3-5-11)26-10-12-7-14(22)15(23)8-13(12)19(26)28/h7-9,11,16H,1-6,10H2,(H,24,25,27). The summed E-state index contributed by atoms with van der Waals surface area (Å²) in [5, 5.41) is 4.18. The third-order valence-corrected chi connectivity index (χ3v) is 7.76. The van der Waals surface area contributed by atoms with Crippen molar-refractivity contribution in [3.63, 3.8) is 0 Å². The summed E-state index contributed by atoms with van der Waals surface area (Å²) in [5.74, 6) is 0.0665. The Morgan fingerprint density at radius 2 is 2.00 bits per heavy atom. The third kappa shape index (κ3) is 4.63. The van der Waals surface area contributed by atoms with Gasteiger partial charge in [-0.2, -0.15) is 0 Å². The van der Waals surface area contributed by atoms with E-state index in [1.807, 2.05) is 0 Å². The molecule has 0 spiro atoms. The quantitative estimate of drug-likeness (QED) is 0.518. The lowest BCUT2D eigenvalue weighted by Gasteiger charge is -2.31. The first kappa shape index (κ1) is 21.1. The van der Waals surface area contributed by atoms with Gasteiger partial charge in [-0.1, -0.05) is 66.6 Å². The maximum Gasteiger partial charge on any atom is 0.255 e. The molecule has 154 valence electrons. The summed E-state index contributed by atoms with van der Waals surface area (Å²) >= 11 is 17.0. The lowest BCUT2D eigenvalue weighted by molar-refractivity contribution is -0.121. The summed E-state index contributed by atoms with van der Waals surface area (Å²) in [7, 11) is 0. The Morgan fingerprint density at radius 1 is 1.28 bits per heavy atom. The van der Waals surface area contributed by atoms with Crippen LogP contribution in [0.4, 0.5) is 5.13 Å². The van der Waals surface area contributed by atoms with E-state index in [2.05, 4.69) is 26.2 Å². The number of fused-ring (bicyclic) bond motifs is 1. The predicted octanol–water partition coefficient (Wildman–Crippen LogP) is 6.15. The molecule has 2 aliphatic rings. The molecule has 29 heavy (non-hydrogen) atoms. The zero-order valence-electron chi connectivity index (χ0n) is 15.6. The molecule has 1 fully saturated rings. The van der Waals surface area contributed by atoms with E-state index in [0.29, 0.717) is 39.6 Å². The molecule has 0 radical (unpaired) electrons. The number of carbonyl (C=O) groups is 2. The molecule has 1 aliphatic carbocycles. The smallest absolute Gasteiger partial charge is 0.255 e. The molecule has 1 aliphatic heterocycles. The number of hydrogen-bond donors (Lipinski definition) is 1. The normalized spacial score (nSPS) is 18.0. The molecule has 1 aromatic carbocycles. The third-order valence-electron chi connectivity index (χ3n) is 5.65. The van der Waals surface area contributed by atoms with E-state index in [4.69, 9.17) is 23.2 Å². The van der Waals surface area contributed by atoms with Gasteiger partial charge in [0.15, 0.2) is 5.13 Å². The minimum Gasteiger partial charge on any atom is -0.322 e. The number of benzene rings is 1. The van der Waals surface area contributed by atoms with E-state index in [0.717, 1.165) is 22.2 Å². The predicted molar refractivity (Wildman–Crippen MR) is 120 cm³/mol. The molecule has 1 aromatic heterocycles. The molecule has 4 rings (SSSR count). The largest absolute Gasteiger partial charge is 0.322 e. The lowest BCUT2D eigenvalue weighted by atomic mass is 9.84. The highest BCUT2D eigenvalue weighted by Crippen LogP contribution is 2.35. The summed E-state index contributed by atoms with van der Waals surface area (Å²) < 4.78 is 0.838. The van der Waals surface area contributed by atoms with Crippen LogP contribution in [0.2, 0.25) is 10.0 Å². The van der Waals surface area contributed by atoms with Crippen molar-refractivity contribution in [3.8, 4) is 0 Å². The molecule has 1 saturated carbocycles. The second kappa shape index (κ2) is 8.92. The fourth-order valence-electron chi connectivity index (χ4n) is 4.20. The van der Waals surface area contributed by atoms with E-state index in [9.17, 15) is 9.59 Å². The molecule has 5 nitrogen and oxygen atoms in total. The summed E-state index contributed by atoms with van der Waals surface area (Å²) in [6, 6.07) is 2.78. The number of thiazole rings is 1. The minimum absolute atomic E-state index is 0.171. The molecule has 2 amide bonds. The molecule has 0 saturated heterocycles. The van der Waals surface area contributed by atoms with Gasteiger partial charge >= 0.3 is 0 Å². The molecular formula is C20H20BrCl2N3O2S. The molecule has 1 unspecified atom stereocenters. The molecule has 1 atom stereocenters. The van der Waals surface area contributed by atoms with Crippen LogP contribution in [0.25, 0.3) is 0 Å². The van der Waals surface area contributed by atoms with Crippen LogP contribution in [-0.2, 0) is 11.3 Å². The zero-order chi connectivity index (χ0) is 20.5. The molecule has 1 N–H and O–H groups in total. The Bertz CT molecular complexity index is 946. The van der Waals surface area contributed by atoms with Gasteiger partial charge in [-0.25, -0.2) is 4.98 Å². The van der Waals surface area contributed by atoms with Crippen molar-refractivity contribution in [1.82, 2.24) is 9.88 Å². The van der Waals surface area contributed by atoms with Crippen LogP contribution in [0.3, 0.4) is 0 Å². The van der Waals surface area contributed by atoms with Gasteiger partial charge in [0.25, 0.3) is 5.91 Å². The second-order valence-corrected chi connectivity index (χ2v) is 10.8. The van der Waals surface area contributed by atoms with Crippen molar-refractivity contribution in [1.29, 1.82) is 0 Å². The Morgan fingerprint density at radius 3 is 2.69 bits per heavy atom. The zero-order valence-corrected chi connectivity index (χ0v) is 19.5. The van der Waals surface area contributed by atoms with Gasteiger partial charge in [0.1, 0.15) is 6.04 Å². The van der Waals surface area contributed by atoms with Crippen LogP contribution in [-0.4, -0.2) is 27.7 Å². The van der Waals surface area contributed by atoms with Gasteiger partial charge in [-0.15, -0.1) is 0 Å². The molecule has 2 heterocycles. The maximum atomic E-state index is 13.2. The Balaban J connectivity index is 1.59. The molecular weight excluding hydrogens is 497 g/mol. The minimum atomic E-state index is -0.557. The van der Waals surface area contributed by atoms with Crippen molar-refractivity contribution < 1.29 is 9.59 Å². The number of halogens is 3. The summed E-state index contributed by atoms with van der Waals surface area (Å²) in [6.07, 6.45) is 8.09. The monoisotopic (exact) mass is 515 g/mol. The van der Waals surface area contributed by atoms with Gasteiger partial charge in [0.05, 0.1) is 20.0 Å². The van der Waals surface area contributed by atoms with Crippen molar-refractivity contribution >= 4 is 67.4 Å². The highest BCUT2D eigenvalue weighted by atomic mass is 79.9. The summed E-state index contributed by atoms with van der Waals surface area (Å²) in [5.41, 5.74) is 1.33. The topological polar surface area (TPSA) is 62.3 Å². The summed E-state index contributed by atoms with van der Waals surface area (Å²) in [6.45, 7) is 0.359. The Hall–Kier alpha value is -1.15. The van der Waals surface area contributed by atoms with Gasteiger partial charge in [0, 0.05) is 12.1 Å². The number of hydrogen-bond acceptors (Lipinski definition) is 4. The van der Waals surface area contributed by atoms with Gasteiger partial charge < -0.3 is 10.2 Å². The van der Waals surface area contributed by atoms with Gasteiger partial charge in [0.2, 0.25) is 5.91 Å². The first-order valence-corrected chi connectivity index (χ1v) is 12.0. The molecule has 2 aromatic rings. The van der Waals surface area contributed by atoms with Crippen LogP contribution in [0.5, 0.6) is 0 Å². The highest BCUT2D eigenvalue weighted by Gasteiger charge is 2.38. The van der Waals surface area contributed by atoms with Gasteiger partial charge in [-0.05, 0) is 46.0 Å². The Kier molecular flexibility index (Phi) is 6.49. The van der Waals surface area contributed by atoms with Crippen LogP contribution >= 0.6 is 50.5 Å². The number of amides is 2. The maximum absolute atomic E-state index is 13.2. The van der Waals surface area contributed by atoms with E-state index in [1.165, 1.54) is 30.6 Å². The SMILES string of the molecule is O=C(Nc1ncc(Br)s1)C(CC1CCCCC1)N1Cc2cc(Cl)c(Cl)cc2C1=O.